The normalized spacial score (nSPS) is 12.4. The maximum Gasteiger partial charge on any atom is 0.169 e. The van der Waals surface area contributed by atoms with E-state index in [2.05, 4.69) is 29.1 Å². The lowest BCUT2D eigenvalue weighted by molar-refractivity contribution is -0.102. The third kappa shape index (κ3) is 11.3. The van der Waals surface area contributed by atoms with E-state index < -0.39 is 11.6 Å². The number of ether oxygens (including phenoxy) is 4. The molecular formula is C40H42F2N4O5. The number of nitrogen functional groups attached to an aromatic ring is 1. The van der Waals surface area contributed by atoms with Crippen molar-refractivity contribution in [2.45, 2.75) is 39.5 Å². The van der Waals surface area contributed by atoms with Gasteiger partial charge in [-0.1, -0.05) is 38.1 Å². The molecule has 0 aliphatic carbocycles. The van der Waals surface area contributed by atoms with Crippen LogP contribution in [0.15, 0.2) is 107 Å². The zero-order valence-corrected chi connectivity index (χ0v) is 29.1. The molecule has 0 saturated carbocycles. The fourth-order valence-corrected chi connectivity index (χ4v) is 4.74. The van der Waals surface area contributed by atoms with Gasteiger partial charge in [-0.25, -0.2) is 8.78 Å². The predicted molar refractivity (Wildman–Crippen MR) is 199 cm³/mol. The number of benzene rings is 4. The molecule has 6 rings (SSSR count). The number of halogens is 2. The number of nitrogens with two attached hydrogens (primary N) is 1. The molecule has 4 aromatic carbocycles. The standard InChI is InChI=1S/C20H21FN2O2.C15H16FNO2.C5H5NO/c1-3-14-6-8-19(20(11-14)24-2)25-18-9-7-15(12-17(18)21)23-13-16-5-4-10-22-16;1-3-10-4-6-14(15(8-10)18-2)19-13-7-5-11(17)9-12(13)16;7-4-5-2-1-3-6-5/h4,6-12,23H,3,5,13H2,1-2H3;4-9H,3,17H2,1-2H3;1,3-4H,2H2. The number of hydrogen-bond acceptors (Lipinski definition) is 9. The minimum atomic E-state index is -0.498. The van der Waals surface area contributed by atoms with E-state index in [-0.39, 0.29) is 11.5 Å². The fourth-order valence-electron chi connectivity index (χ4n) is 4.74. The number of nitrogens with one attached hydrogen (secondary N) is 1. The number of aliphatic imine (C=N–C) groups is 2. The Bertz CT molecular complexity index is 1920. The van der Waals surface area contributed by atoms with Gasteiger partial charge in [-0.2, -0.15) is 0 Å². The SMILES string of the molecule is CCc1ccc(Oc2ccc(N)cc2F)c(OC)c1.CCc1ccc(Oc2ccc(NCC3=NC=CC3)cc2F)c(OC)c1.O=CC1=NC=CC1. The quantitative estimate of drug-likeness (QED) is 0.112. The molecule has 3 N–H and O–H groups in total. The predicted octanol–water partition coefficient (Wildman–Crippen LogP) is 9.27. The minimum absolute atomic E-state index is 0.122. The van der Waals surface area contributed by atoms with Crippen molar-refractivity contribution < 1.29 is 32.5 Å². The summed E-state index contributed by atoms with van der Waals surface area (Å²) in [6, 6.07) is 20.4. The van der Waals surface area contributed by atoms with Crippen LogP contribution in [0.25, 0.3) is 0 Å². The Morgan fingerprint density at radius 1 is 0.706 bits per heavy atom. The van der Waals surface area contributed by atoms with E-state index in [4.69, 9.17) is 24.7 Å². The first-order valence-corrected chi connectivity index (χ1v) is 16.4. The molecule has 4 aromatic rings. The maximum atomic E-state index is 14.4. The Kier molecular flexibility index (Phi) is 14.3. The molecule has 0 saturated heterocycles. The molecular weight excluding hydrogens is 654 g/mol. The summed E-state index contributed by atoms with van der Waals surface area (Å²) >= 11 is 0. The zero-order chi connectivity index (χ0) is 36.6. The van der Waals surface area contributed by atoms with Gasteiger partial charge in [0, 0.05) is 54.5 Å². The highest BCUT2D eigenvalue weighted by Crippen LogP contribution is 2.35. The molecule has 0 radical (unpaired) electrons. The van der Waals surface area contributed by atoms with Gasteiger partial charge in [0.05, 0.1) is 26.5 Å². The Balaban J connectivity index is 0.000000197. The molecule has 2 aliphatic heterocycles. The number of hydrogen-bond donors (Lipinski definition) is 2. The minimum Gasteiger partial charge on any atom is -0.493 e. The first-order chi connectivity index (χ1) is 24.8. The molecule has 266 valence electrons. The topological polar surface area (TPSA) is 117 Å². The molecule has 0 aromatic heterocycles. The average molecular weight is 697 g/mol. The Morgan fingerprint density at radius 3 is 1.71 bits per heavy atom. The molecule has 0 atom stereocenters. The van der Waals surface area contributed by atoms with Crippen LogP contribution in [0, 0.1) is 11.6 Å². The van der Waals surface area contributed by atoms with E-state index >= 15 is 0 Å². The van der Waals surface area contributed by atoms with Crippen molar-refractivity contribution >= 4 is 29.1 Å². The number of anilines is 2. The lowest BCUT2D eigenvalue weighted by atomic mass is 10.1. The third-order valence-corrected chi connectivity index (χ3v) is 7.62. The van der Waals surface area contributed by atoms with Crippen molar-refractivity contribution in [2.75, 3.05) is 31.8 Å². The number of aldehydes is 1. The van der Waals surface area contributed by atoms with Gasteiger partial charge >= 0.3 is 0 Å². The first kappa shape index (κ1) is 37.8. The second-order valence-corrected chi connectivity index (χ2v) is 11.2. The Hall–Kier alpha value is -5.97. The van der Waals surface area contributed by atoms with Crippen LogP contribution in [0.4, 0.5) is 20.2 Å². The van der Waals surface area contributed by atoms with Crippen LogP contribution < -0.4 is 30.0 Å². The van der Waals surface area contributed by atoms with Crippen LogP contribution in [-0.2, 0) is 17.6 Å². The van der Waals surface area contributed by atoms with E-state index in [0.29, 0.717) is 53.1 Å². The van der Waals surface area contributed by atoms with Gasteiger partial charge in [-0.15, -0.1) is 0 Å². The lowest BCUT2D eigenvalue weighted by Crippen LogP contribution is -2.11. The summed E-state index contributed by atoms with van der Waals surface area (Å²) in [6.07, 6.45) is 11.4. The second-order valence-electron chi connectivity index (χ2n) is 11.2. The van der Waals surface area contributed by atoms with Crippen LogP contribution in [0.1, 0.15) is 37.8 Å². The van der Waals surface area contributed by atoms with Gasteiger partial charge in [0.1, 0.15) is 0 Å². The zero-order valence-electron chi connectivity index (χ0n) is 29.1. The Morgan fingerprint density at radius 2 is 1.25 bits per heavy atom. The fraction of sp³-hybridized carbons (Fsp3) is 0.225. The largest absolute Gasteiger partial charge is 0.493 e. The van der Waals surface area contributed by atoms with Crippen molar-refractivity contribution in [1.82, 2.24) is 0 Å². The number of methoxy groups -OCH3 is 2. The second kappa shape index (κ2) is 19.3. The van der Waals surface area contributed by atoms with Crippen LogP contribution in [-0.4, -0.2) is 38.5 Å². The van der Waals surface area contributed by atoms with Gasteiger partial charge in [-0.05, 0) is 72.5 Å². The summed E-state index contributed by atoms with van der Waals surface area (Å²) in [7, 11) is 3.13. The summed E-state index contributed by atoms with van der Waals surface area (Å²) in [5.74, 6) is 1.49. The molecule has 0 bridgehead atoms. The highest BCUT2D eigenvalue weighted by atomic mass is 19.1. The van der Waals surface area contributed by atoms with E-state index in [0.717, 1.165) is 42.4 Å². The van der Waals surface area contributed by atoms with E-state index in [1.807, 2.05) is 36.4 Å². The van der Waals surface area contributed by atoms with Crippen molar-refractivity contribution in [3.05, 3.63) is 120 Å². The van der Waals surface area contributed by atoms with Gasteiger partial charge < -0.3 is 30.0 Å². The van der Waals surface area contributed by atoms with Crippen molar-refractivity contribution in [3.8, 4) is 34.5 Å². The van der Waals surface area contributed by atoms with Crippen molar-refractivity contribution in [2.24, 2.45) is 9.98 Å². The molecule has 2 heterocycles. The Labute approximate surface area is 297 Å². The summed E-state index contributed by atoms with van der Waals surface area (Å²) in [5.41, 5.74) is 10.5. The lowest BCUT2D eigenvalue weighted by Gasteiger charge is -2.13. The maximum absolute atomic E-state index is 14.4. The third-order valence-electron chi connectivity index (χ3n) is 7.62. The van der Waals surface area contributed by atoms with Crippen LogP contribution in [0.2, 0.25) is 0 Å². The number of carbonyl (C=O) groups excluding carboxylic acids is 1. The number of carbonyl (C=O) groups is 1. The molecule has 9 nitrogen and oxygen atoms in total. The molecule has 2 aliphatic rings. The molecule has 0 fully saturated rings. The van der Waals surface area contributed by atoms with Gasteiger partial charge in [0.2, 0.25) is 0 Å². The molecule has 0 spiro atoms. The summed E-state index contributed by atoms with van der Waals surface area (Å²) in [4.78, 5) is 17.8. The molecule has 0 amide bonds. The molecule has 11 heteroatoms. The number of allylic oxidation sites excluding steroid dienone is 2. The highest BCUT2D eigenvalue weighted by Gasteiger charge is 2.12. The van der Waals surface area contributed by atoms with Crippen molar-refractivity contribution in [1.29, 1.82) is 0 Å². The number of nitrogens with zero attached hydrogens (tertiary/aromatic N) is 2. The average Bonchev–Trinajstić information content (AvgIpc) is 3.89. The van der Waals surface area contributed by atoms with Gasteiger partial charge in [-0.3, -0.25) is 14.8 Å². The summed E-state index contributed by atoms with van der Waals surface area (Å²) < 4.78 is 49.9. The van der Waals surface area contributed by atoms with Gasteiger partial charge in [0.25, 0.3) is 0 Å². The summed E-state index contributed by atoms with van der Waals surface area (Å²) in [5, 5.41) is 3.17. The molecule has 0 unspecified atom stereocenters. The monoisotopic (exact) mass is 696 g/mol. The van der Waals surface area contributed by atoms with E-state index in [1.54, 1.807) is 57.0 Å². The van der Waals surface area contributed by atoms with Crippen LogP contribution >= 0.6 is 0 Å². The number of rotatable bonds is 12. The van der Waals surface area contributed by atoms with E-state index in [1.165, 1.54) is 18.2 Å². The van der Waals surface area contributed by atoms with Crippen molar-refractivity contribution in [3.63, 3.8) is 0 Å². The smallest absolute Gasteiger partial charge is 0.169 e. The number of aryl methyl sites for hydroxylation is 2. The van der Waals surface area contributed by atoms with E-state index in [9.17, 15) is 13.6 Å². The van der Waals surface area contributed by atoms with Crippen LogP contribution in [0.3, 0.4) is 0 Å². The van der Waals surface area contributed by atoms with Crippen LogP contribution in [0.5, 0.6) is 34.5 Å². The first-order valence-electron chi connectivity index (χ1n) is 16.4. The van der Waals surface area contributed by atoms with Gasteiger partial charge in [0.15, 0.2) is 52.4 Å². The highest BCUT2D eigenvalue weighted by molar-refractivity contribution is 6.29. The molecule has 51 heavy (non-hydrogen) atoms. The summed E-state index contributed by atoms with van der Waals surface area (Å²) in [6.45, 7) is 4.71.